The van der Waals surface area contributed by atoms with Gasteiger partial charge in [0, 0.05) is 29.1 Å². The number of amides is 2. The number of non-ortho nitro benzene ring substituents is 1. The average Bonchev–Trinajstić information content (AvgIpc) is 3.39. The molecule has 254 valence electrons. The van der Waals surface area contributed by atoms with Crippen LogP contribution in [0.3, 0.4) is 0 Å². The van der Waals surface area contributed by atoms with Crippen LogP contribution in [0.25, 0.3) is 10.4 Å². The molecule has 0 saturated heterocycles. The lowest BCUT2D eigenvalue weighted by Gasteiger charge is -2.23. The monoisotopic (exact) mass is 703 g/mol. The Balaban J connectivity index is 1.91. The molecule has 48 heavy (non-hydrogen) atoms. The van der Waals surface area contributed by atoms with E-state index >= 15 is 0 Å². The SMILES string of the molecule is CCOC(=O)N(Cc1c(F)cccc1F)c1sc(-c2ccc([N+](=O)[O-])cc2)c(CN(C)C)c1C(=O)Nc1ccc(NS(=O)(=O)CC)nn1. The van der Waals surface area contributed by atoms with Gasteiger partial charge in [-0.2, -0.15) is 0 Å². The van der Waals surface area contributed by atoms with Gasteiger partial charge in [0.25, 0.3) is 11.6 Å². The van der Waals surface area contributed by atoms with Gasteiger partial charge in [-0.15, -0.1) is 21.5 Å². The molecule has 0 saturated carbocycles. The Hall–Kier alpha value is -5.07. The number of anilines is 3. The Kier molecular flexibility index (Phi) is 11.3. The summed E-state index contributed by atoms with van der Waals surface area (Å²) in [6, 6.07) is 11.4. The lowest BCUT2D eigenvalue weighted by atomic mass is 10.0. The number of halogens is 2. The van der Waals surface area contributed by atoms with Crippen molar-refractivity contribution in [2.75, 3.05) is 41.4 Å². The Bertz CT molecular complexity index is 1900. The number of benzene rings is 2. The summed E-state index contributed by atoms with van der Waals surface area (Å²) in [6.07, 6.45) is -0.991. The van der Waals surface area contributed by atoms with Crippen molar-refractivity contribution in [1.82, 2.24) is 15.1 Å². The van der Waals surface area contributed by atoms with Gasteiger partial charge in [0.2, 0.25) is 10.0 Å². The lowest BCUT2D eigenvalue weighted by Crippen LogP contribution is -2.33. The number of hydrogen-bond acceptors (Lipinski definition) is 11. The van der Waals surface area contributed by atoms with Crippen molar-refractivity contribution in [3.63, 3.8) is 0 Å². The minimum absolute atomic E-state index is 0.0286. The number of nitro groups is 1. The molecule has 0 unspecified atom stereocenters. The van der Waals surface area contributed by atoms with E-state index in [4.69, 9.17) is 4.74 Å². The van der Waals surface area contributed by atoms with Crippen LogP contribution in [-0.4, -0.2) is 66.9 Å². The minimum Gasteiger partial charge on any atom is -0.449 e. The summed E-state index contributed by atoms with van der Waals surface area (Å²) in [5, 5.41) is 21.6. The maximum atomic E-state index is 14.9. The standard InChI is InChI=1S/C30H31F2N7O7S2/c1-5-46-30(41)38(17-20-22(31)8-7-9-23(20)32)29-26(28(40)33-24-14-15-25(35-34-24)36-48(44,45)6-2)21(16-37(3)4)27(47-29)18-10-12-19(13-11-18)39(42)43/h7-15H,5-6,16-17H2,1-4H3,(H,35,36)(H,33,34,40). The Labute approximate surface area is 278 Å². The van der Waals surface area contributed by atoms with Crippen LogP contribution in [0.2, 0.25) is 0 Å². The molecular weight excluding hydrogens is 673 g/mol. The van der Waals surface area contributed by atoms with Crippen molar-refractivity contribution < 1.29 is 36.4 Å². The highest BCUT2D eigenvalue weighted by molar-refractivity contribution is 7.92. The van der Waals surface area contributed by atoms with Gasteiger partial charge in [-0.1, -0.05) is 6.07 Å². The minimum atomic E-state index is -3.64. The number of thiophene rings is 1. The largest absolute Gasteiger partial charge is 0.449 e. The van der Waals surface area contributed by atoms with Gasteiger partial charge in [0.05, 0.1) is 29.4 Å². The molecule has 0 spiro atoms. The zero-order valence-corrected chi connectivity index (χ0v) is 27.8. The first-order chi connectivity index (χ1) is 22.7. The Morgan fingerprint density at radius 1 is 0.958 bits per heavy atom. The number of carbonyl (C=O) groups is 2. The number of nitrogens with zero attached hydrogens (tertiary/aromatic N) is 5. The molecule has 4 aromatic rings. The second-order valence-corrected chi connectivity index (χ2v) is 13.4. The first-order valence-electron chi connectivity index (χ1n) is 14.3. The molecule has 2 heterocycles. The molecule has 0 radical (unpaired) electrons. The van der Waals surface area contributed by atoms with Gasteiger partial charge in [-0.3, -0.25) is 24.5 Å². The van der Waals surface area contributed by atoms with Gasteiger partial charge in [-0.25, -0.2) is 22.0 Å². The summed E-state index contributed by atoms with van der Waals surface area (Å²) >= 11 is 0.949. The second kappa shape index (κ2) is 15.2. The van der Waals surface area contributed by atoms with Crippen molar-refractivity contribution in [1.29, 1.82) is 0 Å². The fraction of sp³-hybridized carbons (Fsp3) is 0.267. The molecule has 0 aliphatic heterocycles. The highest BCUT2D eigenvalue weighted by atomic mass is 32.2. The fourth-order valence-corrected chi connectivity index (χ4v) is 6.31. The molecule has 0 atom stereocenters. The van der Waals surface area contributed by atoms with E-state index in [-0.39, 0.29) is 46.8 Å². The van der Waals surface area contributed by atoms with Crippen molar-refractivity contribution in [2.45, 2.75) is 26.9 Å². The van der Waals surface area contributed by atoms with Crippen molar-refractivity contribution in [3.05, 3.63) is 93.0 Å². The lowest BCUT2D eigenvalue weighted by molar-refractivity contribution is -0.384. The average molecular weight is 704 g/mol. The number of ether oxygens (including phenoxy) is 1. The summed E-state index contributed by atoms with van der Waals surface area (Å²) in [5.41, 5.74) is 0.164. The quantitative estimate of drug-likeness (QED) is 0.131. The molecule has 4 rings (SSSR count). The van der Waals surface area contributed by atoms with E-state index in [1.807, 2.05) is 0 Å². The molecule has 0 aliphatic carbocycles. The number of rotatable bonds is 13. The predicted molar refractivity (Wildman–Crippen MR) is 176 cm³/mol. The molecule has 2 aromatic carbocycles. The van der Waals surface area contributed by atoms with Crippen LogP contribution in [-0.2, 0) is 27.8 Å². The van der Waals surface area contributed by atoms with Crippen LogP contribution in [0.5, 0.6) is 0 Å². The van der Waals surface area contributed by atoms with Gasteiger partial charge in [0.15, 0.2) is 11.6 Å². The van der Waals surface area contributed by atoms with E-state index in [1.165, 1.54) is 49.4 Å². The third-order valence-corrected chi connectivity index (χ3v) is 9.27. The zero-order chi connectivity index (χ0) is 35.2. The van der Waals surface area contributed by atoms with Gasteiger partial charge in [-0.05, 0) is 75.5 Å². The van der Waals surface area contributed by atoms with Crippen LogP contribution in [0.4, 0.5) is 35.9 Å². The smallest absolute Gasteiger partial charge is 0.415 e. The van der Waals surface area contributed by atoms with Crippen molar-refractivity contribution >= 4 is 55.7 Å². The number of aromatic nitrogens is 2. The molecule has 14 nitrogen and oxygen atoms in total. The third-order valence-electron chi connectivity index (χ3n) is 6.69. The van der Waals surface area contributed by atoms with E-state index in [2.05, 4.69) is 20.2 Å². The summed E-state index contributed by atoms with van der Waals surface area (Å²) in [5.74, 6) is -3.00. The van der Waals surface area contributed by atoms with Crippen LogP contribution in [0.15, 0.2) is 54.6 Å². The van der Waals surface area contributed by atoms with Gasteiger partial charge in [0.1, 0.15) is 16.6 Å². The Morgan fingerprint density at radius 2 is 1.58 bits per heavy atom. The van der Waals surface area contributed by atoms with Crippen LogP contribution < -0.4 is 14.9 Å². The van der Waals surface area contributed by atoms with Crippen molar-refractivity contribution in [3.8, 4) is 10.4 Å². The van der Waals surface area contributed by atoms with Gasteiger partial charge < -0.3 is 15.0 Å². The molecule has 2 N–H and O–H groups in total. The van der Waals surface area contributed by atoms with E-state index < -0.39 is 50.7 Å². The van der Waals surface area contributed by atoms with Gasteiger partial charge >= 0.3 is 6.09 Å². The Morgan fingerprint density at radius 3 is 2.12 bits per heavy atom. The molecule has 2 amide bonds. The van der Waals surface area contributed by atoms with E-state index in [0.717, 1.165) is 28.4 Å². The highest BCUT2D eigenvalue weighted by Crippen LogP contribution is 2.44. The number of carbonyl (C=O) groups excluding carboxylic acids is 2. The number of sulfonamides is 1. The normalized spacial score (nSPS) is 11.3. The summed E-state index contributed by atoms with van der Waals surface area (Å²) in [7, 11) is -0.175. The molecule has 0 fully saturated rings. The summed E-state index contributed by atoms with van der Waals surface area (Å²) < 4.78 is 61.1. The number of nitro benzene ring substituents is 1. The summed E-state index contributed by atoms with van der Waals surface area (Å²) in [4.78, 5) is 41.5. The van der Waals surface area contributed by atoms with Crippen LogP contribution in [0, 0.1) is 21.7 Å². The first kappa shape index (κ1) is 35.8. The highest BCUT2D eigenvalue weighted by Gasteiger charge is 2.33. The van der Waals surface area contributed by atoms with Crippen LogP contribution in [0.1, 0.15) is 35.3 Å². The maximum Gasteiger partial charge on any atom is 0.415 e. The fourth-order valence-electron chi connectivity index (χ4n) is 4.44. The molecule has 2 aromatic heterocycles. The van der Waals surface area contributed by atoms with E-state index in [9.17, 15) is 36.9 Å². The van der Waals surface area contributed by atoms with E-state index in [1.54, 1.807) is 25.9 Å². The molecule has 0 bridgehead atoms. The number of hydrogen-bond donors (Lipinski definition) is 2. The first-order valence-corrected chi connectivity index (χ1v) is 16.8. The zero-order valence-electron chi connectivity index (χ0n) is 26.2. The topological polar surface area (TPSA) is 177 Å². The second-order valence-electron chi connectivity index (χ2n) is 10.4. The third kappa shape index (κ3) is 8.44. The summed E-state index contributed by atoms with van der Waals surface area (Å²) in [6.45, 7) is 2.38. The molecular formula is C30H31F2N7O7S2. The maximum absolute atomic E-state index is 14.9. The molecule has 18 heteroatoms. The van der Waals surface area contributed by atoms with Crippen molar-refractivity contribution in [2.24, 2.45) is 0 Å². The molecule has 0 aliphatic rings. The van der Waals surface area contributed by atoms with Crippen LogP contribution >= 0.6 is 11.3 Å². The predicted octanol–water partition coefficient (Wildman–Crippen LogP) is 5.63. The number of nitrogens with one attached hydrogen (secondary N) is 2. The van der Waals surface area contributed by atoms with E-state index in [0.29, 0.717) is 16.0 Å².